The van der Waals surface area contributed by atoms with E-state index in [0.717, 1.165) is 22.5 Å². The van der Waals surface area contributed by atoms with Crippen LogP contribution in [-0.4, -0.2) is 23.2 Å². The summed E-state index contributed by atoms with van der Waals surface area (Å²) in [5.41, 5.74) is 4.14. The molecule has 0 amide bonds. The molecule has 0 saturated carbocycles. The Morgan fingerprint density at radius 3 is 2.81 bits per heavy atom. The van der Waals surface area contributed by atoms with Crippen LogP contribution in [0.15, 0.2) is 24.3 Å². The first-order valence-electron chi connectivity index (χ1n) is 7.03. The fraction of sp³-hybridized carbons (Fsp3) is 0.294. The average Bonchev–Trinajstić information content (AvgIpc) is 3.00. The Labute approximate surface area is 123 Å². The first-order chi connectivity index (χ1) is 10.1. The lowest BCUT2D eigenvalue weighted by atomic mass is 10.1. The van der Waals surface area contributed by atoms with Crippen molar-refractivity contribution >= 4 is 11.6 Å². The quantitative estimate of drug-likeness (QED) is 0.877. The summed E-state index contributed by atoms with van der Waals surface area (Å²) in [7, 11) is 0. The van der Waals surface area contributed by atoms with Gasteiger partial charge in [0.2, 0.25) is 5.78 Å². The van der Waals surface area contributed by atoms with E-state index in [4.69, 9.17) is 4.74 Å². The van der Waals surface area contributed by atoms with Crippen molar-refractivity contribution in [3.8, 4) is 5.75 Å². The molecule has 3 rings (SSSR count). The minimum Gasteiger partial charge on any atom is -0.485 e. The van der Waals surface area contributed by atoms with Crippen LogP contribution in [0.4, 0.5) is 0 Å². The number of ketones is 2. The van der Waals surface area contributed by atoms with Crippen molar-refractivity contribution in [1.82, 2.24) is 4.98 Å². The average molecular weight is 283 g/mol. The second-order valence-corrected chi connectivity index (χ2v) is 5.41. The van der Waals surface area contributed by atoms with Gasteiger partial charge >= 0.3 is 0 Å². The molecule has 0 spiro atoms. The van der Waals surface area contributed by atoms with E-state index in [1.54, 1.807) is 6.07 Å². The zero-order valence-corrected chi connectivity index (χ0v) is 12.2. The number of aromatic amines is 1. The molecule has 0 unspecified atom stereocenters. The molecule has 1 heterocycles. The van der Waals surface area contributed by atoms with Crippen LogP contribution < -0.4 is 4.74 Å². The van der Waals surface area contributed by atoms with Gasteiger partial charge in [0.05, 0.1) is 0 Å². The number of aromatic nitrogens is 1. The maximum Gasteiger partial charge on any atom is 0.201 e. The molecule has 0 bridgehead atoms. The molecule has 108 valence electrons. The summed E-state index contributed by atoms with van der Waals surface area (Å²) >= 11 is 0. The van der Waals surface area contributed by atoms with Crippen LogP contribution in [0.3, 0.4) is 0 Å². The largest absolute Gasteiger partial charge is 0.485 e. The molecule has 4 nitrogen and oxygen atoms in total. The molecule has 1 aromatic heterocycles. The predicted molar refractivity (Wildman–Crippen MR) is 79.2 cm³/mol. The van der Waals surface area contributed by atoms with Crippen LogP contribution >= 0.6 is 0 Å². The highest BCUT2D eigenvalue weighted by Crippen LogP contribution is 2.30. The third-order valence-corrected chi connectivity index (χ3v) is 3.84. The standard InChI is InChI=1S/C17H17NO3/c1-10-8-14(11(2)18-10)16(20)9-21-17-5-3-4-12-13(17)6-7-15(12)19/h3-5,8,18H,6-7,9H2,1-2H3. The molecule has 21 heavy (non-hydrogen) atoms. The molecule has 1 aliphatic rings. The van der Waals surface area contributed by atoms with Gasteiger partial charge in [-0.05, 0) is 32.4 Å². The number of ether oxygens (including phenoxy) is 1. The zero-order valence-electron chi connectivity index (χ0n) is 12.2. The minimum absolute atomic E-state index is 0.0111. The smallest absolute Gasteiger partial charge is 0.201 e. The van der Waals surface area contributed by atoms with Crippen LogP contribution in [0.1, 0.15) is 44.1 Å². The summed E-state index contributed by atoms with van der Waals surface area (Å²) in [5.74, 6) is 0.745. The Hall–Kier alpha value is -2.36. The fourth-order valence-corrected chi connectivity index (χ4v) is 2.83. The van der Waals surface area contributed by atoms with Crippen LogP contribution in [0.5, 0.6) is 5.75 Å². The summed E-state index contributed by atoms with van der Waals surface area (Å²) in [6.07, 6.45) is 1.22. The third-order valence-electron chi connectivity index (χ3n) is 3.84. The predicted octanol–water partition coefficient (Wildman–Crippen LogP) is 3.02. The Kier molecular flexibility index (Phi) is 3.37. The molecule has 1 aliphatic carbocycles. The number of Topliss-reactive ketones (excluding diaryl/α,β-unsaturated/α-hetero) is 2. The number of H-pyrrole nitrogens is 1. The first-order valence-corrected chi connectivity index (χ1v) is 7.03. The summed E-state index contributed by atoms with van der Waals surface area (Å²) in [4.78, 5) is 27.0. The van der Waals surface area contributed by atoms with Crippen molar-refractivity contribution in [2.75, 3.05) is 6.61 Å². The maximum atomic E-state index is 12.2. The SMILES string of the molecule is Cc1cc(C(=O)COc2cccc3c2CCC3=O)c(C)[nH]1. The lowest BCUT2D eigenvalue weighted by molar-refractivity contribution is 0.0920. The van der Waals surface area contributed by atoms with E-state index >= 15 is 0 Å². The van der Waals surface area contributed by atoms with Gasteiger partial charge in [0.15, 0.2) is 12.4 Å². The Morgan fingerprint density at radius 1 is 1.29 bits per heavy atom. The summed E-state index contributed by atoms with van der Waals surface area (Å²) in [6, 6.07) is 7.27. The number of aryl methyl sites for hydroxylation is 2. The summed E-state index contributed by atoms with van der Waals surface area (Å²) in [6.45, 7) is 3.78. The van der Waals surface area contributed by atoms with E-state index in [1.165, 1.54) is 0 Å². The van der Waals surface area contributed by atoms with Gasteiger partial charge in [-0.1, -0.05) is 12.1 Å². The van der Waals surface area contributed by atoms with E-state index in [2.05, 4.69) is 4.98 Å². The van der Waals surface area contributed by atoms with Gasteiger partial charge in [-0.2, -0.15) is 0 Å². The molecule has 0 saturated heterocycles. The summed E-state index contributed by atoms with van der Waals surface area (Å²) in [5, 5.41) is 0. The highest BCUT2D eigenvalue weighted by atomic mass is 16.5. The van der Waals surface area contributed by atoms with E-state index < -0.39 is 0 Å². The minimum atomic E-state index is -0.0567. The number of hydrogen-bond donors (Lipinski definition) is 1. The molecule has 2 aromatic rings. The van der Waals surface area contributed by atoms with E-state index in [1.807, 2.05) is 32.0 Å². The van der Waals surface area contributed by atoms with Crippen molar-refractivity contribution in [2.45, 2.75) is 26.7 Å². The van der Waals surface area contributed by atoms with Gasteiger partial charge in [-0.3, -0.25) is 9.59 Å². The van der Waals surface area contributed by atoms with Gasteiger partial charge in [0, 0.05) is 34.5 Å². The molecule has 0 radical (unpaired) electrons. The van der Waals surface area contributed by atoms with Crippen LogP contribution in [0, 0.1) is 13.8 Å². The number of benzene rings is 1. The van der Waals surface area contributed by atoms with Gasteiger partial charge < -0.3 is 9.72 Å². The van der Waals surface area contributed by atoms with Crippen LogP contribution in [0.2, 0.25) is 0 Å². The van der Waals surface area contributed by atoms with Crippen molar-refractivity contribution < 1.29 is 14.3 Å². The molecular formula is C17H17NO3. The normalized spacial score (nSPS) is 13.3. The molecule has 4 heteroatoms. The Balaban J connectivity index is 1.76. The van der Waals surface area contributed by atoms with Gasteiger partial charge in [0.1, 0.15) is 5.75 Å². The Morgan fingerprint density at radius 2 is 2.10 bits per heavy atom. The lowest BCUT2D eigenvalue weighted by Gasteiger charge is -2.09. The summed E-state index contributed by atoms with van der Waals surface area (Å²) < 4.78 is 5.66. The molecule has 0 aliphatic heterocycles. The number of fused-ring (bicyclic) bond motifs is 1. The number of rotatable bonds is 4. The van der Waals surface area contributed by atoms with Crippen molar-refractivity contribution in [3.05, 3.63) is 52.3 Å². The second kappa shape index (κ2) is 5.20. The first kappa shape index (κ1) is 13.6. The van der Waals surface area contributed by atoms with Gasteiger partial charge in [-0.25, -0.2) is 0 Å². The number of carbonyl (C=O) groups is 2. The molecular weight excluding hydrogens is 266 g/mol. The third kappa shape index (κ3) is 2.49. The molecule has 1 aromatic carbocycles. The number of hydrogen-bond acceptors (Lipinski definition) is 3. The number of carbonyl (C=O) groups excluding carboxylic acids is 2. The molecule has 0 atom stereocenters. The highest BCUT2D eigenvalue weighted by Gasteiger charge is 2.23. The molecule has 0 fully saturated rings. The van der Waals surface area contributed by atoms with Gasteiger partial charge in [-0.15, -0.1) is 0 Å². The maximum absolute atomic E-state index is 12.2. The molecule has 1 N–H and O–H groups in total. The van der Waals surface area contributed by atoms with Crippen molar-refractivity contribution in [3.63, 3.8) is 0 Å². The Bertz CT molecular complexity index is 728. The lowest BCUT2D eigenvalue weighted by Crippen LogP contribution is -2.12. The highest BCUT2D eigenvalue weighted by molar-refractivity contribution is 6.01. The van der Waals surface area contributed by atoms with E-state index in [0.29, 0.717) is 24.2 Å². The monoisotopic (exact) mass is 283 g/mol. The van der Waals surface area contributed by atoms with E-state index in [9.17, 15) is 9.59 Å². The second-order valence-electron chi connectivity index (χ2n) is 5.41. The van der Waals surface area contributed by atoms with E-state index in [-0.39, 0.29) is 18.2 Å². The van der Waals surface area contributed by atoms with Crippen LogP contribution in [0.25, 0.3) is 0 Å². The van der Waals surface area contributed by atoms with Crippen molar-refractivity contribution in [1.29, 1.82) is 0 Å². The zero-order chi connectivity index (χ0) is 15.0. The fourth-order valence-electron chi connectivity index (χ4n) is 2.83. The van der Waals surface area contributed by atoms with Crippen LogP contribution in [-0.2, 0) is 6.42 Å². The van der Waals surface area contributed by atoms with Crippen molar-refractivity contribution in [2.24, 2.45) is 0 Å². The van der Waals surface area contributed by atoms with Gasteiger partial charge in [0.25, 0.3) is 0 Å². The topological polar surface area (TPSA) is 59.2 Å². The number of nitrogens with one attached hydrogen (secondary N) is 1.